The molecular formula is C19H16BrN3O3S. The lowest BCUT2D eigenvalue weighted by Gasteiger charge is -2.08. The maximum Gasteiger partial charge on any atom is 0.311 e. The molecule has 27 heavy (non-hydrogen) atoms. The molecule has 0 radical (unpaired) electrons. The summed E-state index contributed by atoms with van der Waals surface area (Å²) in [5.41, 5.74) is 3.41. The quantitative estimate of drug-likeness (QED) is 0.593. The Hall–Kier alpha value is -2.58. The van der Waals surface area contributed by atoms with Gasteiger partial charge in [0.2, 0.25) is 0 Å². The van der Waals surface area contributed by atoms with Gasteiger partial charge in [-0.3, -0.25) is 19.9 Å². The van der Waals surface area contributed by atoms with E-state index < -0.39 is 0 Å². The molecule has 0 saturated heterocycles. The Kier molecular flexibility index (Phi) is 5.98. The molecule has 2 aromatic heterocycles. The van der Waals surface area contributed by atoms with Crippen molar-refractivity contribution in [3.8, 4) is 11.3 Å². The standard InChI is InChI=1S/C19H16BrN3O3S/c1-11-15(6-7-16(21-11)12-4-3-5-13(20)8-12)18(25)23-19-22-14(10-27-19)9-17(24)26-2/h3-8,10H,9H2,1-2H3,(H,22,23,25). The van der Waals surface area contributed by atoms with E-state index >= 15 is 0 Å². The van der Waals surface area contributed by atoms with Crippen LogP contribution in [0.3, 0.4) is 0 Å². The van der Waals surface area contributed by atoms with Crippen LogP contribution in [0.1, 0.15) is 21.7 Å². The van der Waals surface area contributed by atoms with E-state index in [1.807, 2.05) is 30.3 Å². The van der Waals surface area contributed by atoms with Gasteiger partial charge in [0, 0.05) is 15.4 Å². The number of aryl methyl sites for hydroxylation is 1. The van der Waals surface area contributed by atoms with Gasteiger partial charge in [-0.2, -0.15) is 0 Å². The minimum Gasteiger partial charge on any atom is -0.469 e. The van der Waals surface area contributed by atoms with Gasteiger partial charge >= 0.3 is 5.97 Å². The second kappa shape index (κ2) is 8.41. The molecule has 2 heterocycles. The number of thiazole rings is 1. The molecule has 0 aliphatic rings. The number of carbonyl (C=O) groups is 2. The molecule has 1 aromatic carbocycles. The van der Waals surface area contributed by atoms with Crippen molar-refractivity contribution in [2.24, 2.45) is 0 Å². The van der Waals surface area contributed by atoms with Crippen molar-refractivity contribution in [2.75, 3.05) is 12.4 Å². The lowest BCUT2D eigenvalue weighted by Crippen LogP contribution is -2.14. The average Bonchev–Trinajstić information content (AvgIpc) is 3.08. The number of hydrogen-bond acceptors (Lipinski definition) is 6. The van der Waals surface area contributed by atoms with Crippen LogP contribution in [0.15, 0.2) is 46.3 Å². The molecule has 1 N–H and O–H groups in total. The number of pyridine rings is 1. The SMILES string of the molecule is COC(=O)Cc1csc(NC(=O)c2ccc(-c3cccc(Br)c3)nc2C)n1. The zero-order valence-electron chi connectivity index (χ0n) is 14.7. The van der Waals surface area contributed by atoms with Gasteiger partial charge in [0.15, 0.2) is 5.13 Å². The summed E-state index contributed by atoms with van der Waals surface area (Å²) in [6, 6.07) is 11.4. The van der Waals surface area contributed by atoms with E-state index in [0.717, 1.165) is 15.7 Å². The molecule has 0 aliphatic carbocycles. The zero-order chi connectivity index (χ0) is 19.4. The first-order valence-electron chi connectivity index (χ1n) is 8.02. The van der Waals surface area contributed by atoms with Crippen molar-refractivity contribution < 1.29 is 14.3 Å². The first kappa shape index (κ1) is 19.2. The third-order valence-corrected chi connectivity index (χ3v) is 5.08. The summed E-state index contributed by atoms with van der Waals surface area (Å²) in [6.45, 7) is 1.79. The highest BCUT2D eigenvalue weighted by Crippen LogP contribution is 2.23. The highest BCUT2D eigenvalue weighted by atomic mass is 79.9. The maximum atomic E-state index is 12.5. The van der Waals surface area contributed by atoms with Crippen LogP contribution in [0.4, 0.5) is 5.13 Å². The van der Waals surface area contributed by atoms with Crippen LogP contribution in [-0.2, 0) is 16.0 Å². The van der Waals surface area contributed by atoms with Gasteiger partial charge in [0.05, 0.1) is 36.2 Å². The summed E-state index contributed by atoms with van der Waals surface area (Å²) < 4.78 is 5.58. The van der Waals surface area contributed by atoms with Crippen LogP contribution in [0.25, 0.3) is 11.3 Å². The fourth-order valence-corrected chi connectivity index (χ4v) is 3.54. The first-order chi connectivity index (χ1) is 13.0. The fraction of sp³-hybridized carbons (Fsp3) is 0.158. The fourth-order valence-electron chi connectivity index (χ4n) is 2.44. The van der Waals surface area contributed by atoms with Crippen LogP contribution in [0, 0.1) is 6.92 Å². The number of esters is 1. The summed E-state index contributed by atoms with van der Waals surface area (Å²) in [6.07, 6.45) is 0.0742. The van der Waals surface area contributed by atoms with Crippen molar-refractivity contribution in [3.63, 3.8) is 0 Å². The van der Waals surface area contributed by atoms with Crippen LogP contribution in [0.2, 0.25) is 0 Å². The van der Waals surface area contributed by atoms with Gasteiger partial charge < -0.3 is 4.74 Å². The third-order valence-electron chi connectivity index (χ3n) is 3.78. The minimum atomic E-state index is -0.374. The number of carbonyl (C=O) groups excluding carboxylic acids is 2. The monoisotopic (exact) mass is 445 g/mol. The minimum absolute atomic E-state index is 0.0742. The average molecular weight is 446 g/mol. The summed E-state index contributed by atoms with van der Waals surface area (Å²) in [7, 11) is 1.32. The number of methoxy groups -OCH3 is 1. The van der Waals surface area contributed by atoms with Crippen molar-refractivity contribution in [3.05, 3.63) is 63.2 Å². The van der Waals surface area contributed by atoms with E-state index in [4.69, 9.17) is 0 Å². The number of anilines is 1. The van der Waals surface area contributed by atoms with E-state index in [9.17, 15) is 9.59 Å². The molecule has 0 aliphatic heterocycles. The van der Waals surface area contributed by atoms with Gasteiger partial charge in [0.25, 0.3) is 5.91 Å². The molecule has 8 heteroatoms. The van der Waals surface area contributed by atoms with Crippen LogP contribution < -0.4 is 5.32 Å². The van der Waals surface area contributed by atoms with Crippen molar-refractivity contribution in [1.29, 1.82) is 0 Å². The molecule has 1 amide bonds. The molecular weight excluding hydrogens is 430 g/mol. The molecule has 0 spiro atoms. The van der Waals surface area contributed by atoms with E-state index in [1.54, 1.807) is 18.4 Å². The predicted octanol–water partition coefficient (Wildman–Crippen LogP) is 4.24. The topological polar surface area (TPSA) is 81.2 Å². The number of rotatable bonds is 5. The second-order valence-corrected chi connectivity index (χ2v) is 7.46. The normalized spacial score (nSPS) is 10.5. The maximum absolute atomic E-state index is 12.5. The summed E-state index contributed by atoms with van der Waals surface area (Å²) >= 11 is 4.70. The molecule has 0 bridgehead atoms. The van der Waals surface area contributed by atoms with Gasteiger partial charge in [-0.15, -0.1) is 11.3 Å². The largest absolute Gasteiger partial charge is 0.469 e. The summed E-state index contributed by atoms with van der Waals surface area (Å²) in [5.74, 6) is -0.666. The number of nitrogens with zero attached hydrogens (tertiary/aromatic N) is 2. The van der Waals surface area contributed by atoms with E-state index in [0.29, 0.717) is 22.1 Å². The third kappa shape index (κ3) is 4.78. The van der Waals surface area contributed by atoms with Crippen LogP contribution >= 0.6 is 27.3 Å². The number of benzene rings is 1. The van der Waals surface area contributed by atoms with Crippen molar-refractivity contribution in [1.82, 2.24) is 9.97 Å². The second-order valence-electron chi connectivity index (χ2n) is 5.69. The lowest BCUT2D eigenvalue weighted by atomic mass is 10.1. The predicted molar refractivity (Wildman–Crippen MR) is 108 cm³/mol. The Morgan fingerprint density at radius 2 is 2.04 bits per heavy atom. The summed E-state index contributed by atoms with van der Waals surface area (Å²) in [4.78, 5) is 32.6. The molecule has 3 aromatic rings. The first-order valence-corrected chi connectivity index (χ1v) is 9.69. The van der Waals surface area contributed by atoms with E-state index in [1.165, 1.54) is 18.4 Å². The van der Waals surface area contributed by atoms with E-state index in [2.05, 4.69) is 36.0 Å². The summed E-state index contributed by atoms with van der Waals surface area (Å²) in [5, 5.41) is 4.89. The number of hydrogen-bond donors (Lipinski definition) is 1. The molecule has 0 fully saturated rings. The number of nitrogens with one attached hydrogen (secondary N) is 1. The Morgan fingerprint density at radius 3 is 2.74 bits per heavy atom. The zero-order valence-corrected chi connectivity index (χ0v) is 17.1. The van der Waals surface area contributed by atoms with Gasteiger partial charge in [-0.25, -0.2) is 4.98 Å². The number of aromatic nitrogens is 2. The van der Waals surface area contributed by atoms with Crippen LogP contribution in [0.5, 0.6) is 0 Å². The Morgan fingerprint density at radius 1 is 1.22 bits per heavy atom. The van der Waals surface area contributed by atoms with Crippen molar-refractivity contribution >= 4 is 44.3 Å². The number of ether oxygens (including phenoxy) is 1. The van der Waals surface area contributed by atoms with Gasteiger partial charge in [-0.05, 0) is 31.2 Å². The van der Waals surface area contributed by atoms with Crippen LogP contribution in [-0.4, -0.2) is 29.0 Å². The number of halogens is 1. The lowest BCUT2D eigenvalue weighted by molar-refractivity contribution is -0.139. The Balaban J connectivity index is 1.74. The molecule has 138 valence electrons. The molecule has 0 atom stereocenters. The van der Waals surface area contributed by atoms with Gasteiger partial charge in [0.1, 0.15) is 0 Å². The number of amides is 1. The molecule has 3 rings (SSSR count). The van der Waals surface area contributed by atoms with Crippen molar-refractivity contribution in [2.45, 2.75) is 13.3 Å². The highest BCUT2D eigenvalue weighted by Gasteiger charge is 2.14. The Labute approximate surface area is 168 Å². The Bertz CT molecular complexity index is 1000. The smallest absolute Gasteiger partial charge is 0.311 e. The molecule has 0 saturated carbocycles. The van der Waals surface area contributed by atoms with Gasteiger partial charge in [-0.1, -0.05) is 28.1 Å². The molecule has 6 nitrogen and oxygen atoms in total. The highest BCUT2D eigenvalue weighted by molar-refractivity contribution is 9.10. The molecule has 0 unspecified atom stereocenters. The van der Waals surface area contributed by atoms with E-state index in [-0.39, 0.29) is 18.3 Å².